The van der Waals surface area contributed by atoms with Crippen LogP contribution in [0.3, 0.4) is 0 Å². The van der Waals surface area contributed by atoms with Crippen molar-refractivity contribution >= 4 is 77.4 Å². The number of nitrogens with one attached hydrogen (secondary N) is 4. The van der Waals surface area contributed by atoms with Crippen LogP contribution >= 0.6 is 11.8 Å². The quantitative estimate of drug-likeness (QED) is 0.0940. The highest BCUT2D eigenvalue weighted by Gasteiger charge is 2.45. The predicted molar refractivity (Wildman–Crippen MR) is 266 cm³/mol. The number of urea groups is 5. The zero-order valence-corrected chi connectivity index (χ0v) is 45.2. The molecule has 0 aromatic carbocycles. The lowest BCUT2D eigenvalue weighted by molar-refractivity contribution is -0.150. The van der Waals surface area contributed by atoms with E-state index in [-0.39, 0.29) is 25.2 Å². The van der Waals surface area contributed by atoms with E-state index in [9.17, 15) is 68.1 Å². The van der Waals surface area contributed by atoms with Gasteiger partial charge in [0, 0.05) is 62.4 Å². The lowest BCUT2D eigenvalue weighted by atomic mass is 9.91. The maximum atomic E-state index is 14.7. The Labute approximate surface area is 426 Å². The smallest absolute Gasteiger partial charge is 0.334 e. The summed E-state index contributed by atoms with van der Waals surface area (Å²) in [6.45, 7) is 11.9. The van der Waals surface area contributed by atoms with Crippen LogP contribution in [0.1, 0.15) is 93.9 Å². The lowest BCUT2D eigenvalue weighted by Gasteiger charge is -2.40. The molecule has 0 bridgehead atoms. The molecular formula is C46H79N11O14S. The van der Waals surface area contributed by atoms with Crippen molar-refractivity contribution in [2.24, 2.45) is 11.8 Å². The molecule has 0 spiro atoms. The van der Waals surface area contributed by atoms with E-state index in [1.54, 1.807) is 46.8 Å². The van der Waals surface area contributed by atoms with Crippen molar-refractivity contribution < 1.29 is 68.1 Å². The normalized spacial score (nSPS) is 24.4. The van der Waals surface area contributed by atoms with Gasteiger partial charge in [0.25, 0.3) is 17.7 Å². The molecule has 0 aromatic heterocycles. The number of hydrogen-bond donors (Lipinski definition) is 7. The Morgan fingerprint density at radius 1 is 0.681 bits per heavy atom. The summed E-state index contributed by atoms with van der Waals surface area (Å²) in [4.78, 5) is 158. The van der Waals surface area contributed by atoms with Gasteiger partial charge in [0.15, 0.2) is 5.37 Å². The van der Waals surface area contributed by atoms with Crippen molar-refractivity contribution in [3.05, 3.63) is 12.2 Å². The third-order valence-corrected chi connectivity index (χ3v) is 13.4. The Morgan fingerprint density at radius 2 is 1.26 bits per heavy atom. The number of hydrogen-bond acceptors (Lipinski definition) is 15. The molecule has 1 fully saturated rings. The topological polar surface area (TPSA) is 319 Å². The first-order valence-corrected chi connectivity index (χ1v) is 24.7. The fraction of sp³-hybridized carbons (Fsp3) is 0.717. The number of imide groups is 5. The lowest BCUT2D eigenvalue weighted by Crippen LogP contribution is -2.63. The van der Waals surface area contributed by atoms with Gasteiger partial charge >= 0.3 is 30.2 Å². The van der Waals surface area contributed by atoms with Gasteiger partial charge in [-0.15, -0.1) is 11.8 Å². The summed E-state index contributed by atoms with van der Waals surface area (Å²) in [5.41, 5.74) is -1.66. The van der Waals surface area contributed by atoms with Crippen molar-refractivity contribution in [2.75, 3.05) is 61.7 Å². The average Bonchev–Trinajstić information content (AvgIpc) is 3.31. The van der Waals surface area contributed by atoms with Gasteiger partial charge in [0.05, 0.1) is 11.7 Å². The second-order valence-electron chi connectivity index (χ2n) is 18.9. The number of aliphatic hydroxyl groups is 3. The molecule has 7 N–H and O–H groups in total. The molecule has 0 aliphatic carbocycles. The Bertz CT molecular complexity index is 2000. The molecule has 408 valence electrons. The third kappa shape index (κ3) is 17.7. The van der Waals surface area contributed by atoms with Gasteiger partial charge < -0.3 is 45.6 Å². The molecular weight excluding hydrogens is 963 g/mol. The Kier molecular flexibility index (Phi) is 25.8. The molecule has 1 aliphatic heterocycles. The molecule has 8 atom stereocenters. The maximum absolute atomic E-state index is 14.7. The van der Waals surface area contributed by atoms with Crippen molar-refractivity contribution in [1.29, 1.82) is 0 Å². The molecule has 25 nitrogen and oxygen atoms in total. The SMILES string of the molecule is C/C=C/C[C@@H](C)[C@@H](O)[C@H]1C(=O)N[C@@H](CC)C(=O)N(C)[C@H](SCCCCCO)C(=O)N(C)[C@@H](CC(C)(C)O)C(=O)NC(=O)N(C)C(=O)NC(=O)N[C@H](C)C(=O)N(C)C(=O)N(C)C(=O)N(C)[C@@H](C(C)C)C(=O)N1C. The highest BCUT2D eigenvalue weighted by molar-refractivity contribution is 8.00. The van der Waals surface area contributed by atoms with E-state index in [1.165, 1.54) is 42.0 Å². The highest BCUT2D eigenvalue weighted by Crippen LogP contribution is 2.26. The van der Waals surface area contributed by atoms with Crippen LogP contribution in [0, 0.1) is 11.8 Å². The predicted octanol–water partition coefficient (Wildman–Crippen LogP) is 0.916. The summed E-state index contributed by atoms with van der Waals surface area (Å²) in [5, 5.41) is 39.3. The molecule has 1 rings (SSSR count). The van der Waals surface area contributed by atoms with E-state index in [2.05, 4.69) is 10.6 Å². The standard InChI is InChI=1S/C46H79N11O14S/c1-16-18-22-27(5)33(59)32-35(61)48-29(17-2)37(63)54(12)40(72-24-21-19-20-23-58)39(65)51(9)30(25-46(7,8)71)34(60)49-42(67)56(14)43(68)50-41(66)47-28(6)36(62)55(13)45(70)57(15)44(69)53(11)31(26(3)4)38(64)52(32)10/h16,18,26-33,40,58-59,71H,17,19-25H2,1-15H3,(H,48,61)(H,49,60,67)(H2,47,50,66,68)/b18-16+/t27-,28-,29+,30+,31+,32+,33-,40-/m1/s1. The van der Waals surface area contributed by atoms with E-state index in [0.29, 0.717) is 34.0 Å². The number of allylic oxidation sites excluding steroid dienone is 2. The van der Waals surface area contributed by atoms with Gasteiger partial charge in [-0.25, -0.2) is 33.8 Å². The van der Waals surface area contributed by atoms with E-state index in [0.717, 1.165) is 59.4 Å². The van der Waals surface area contributed by atoms with Crippen LogP contribution in [-0.2, 0) is 28.8 Å². The number of likely N-dealkylation sites (N-methyl/N-ethyl adjacent to an activating group) is 5. The van der Waals surface area contributed by atoms with Gasteiger partial charge in [-0.05, 0) is 71.0 Å². The second-order valence-corrected chi connectivity index (χ2v) is 20.1. The molecule has 1 heterocycles. The number of rotatable bonds is 14. The summed E-state index contributed by atoms with van der Waals surface area (Å²) >= 11 is 1.00. The number of carbonyl (C=O) groups is 11. The molecule has 0 aromatic rings. The fourth-order valence-electron chi connectivity index (χ4n) is 7.59. The van der Waals surface area contributed by atoms with Gasteiger partial charge in [-0.2, -0.15) is 0 Å². The van der Waals surface area contributed by atoms with Crippen LogP contribution in [0.4, 0.5) is 24.0 Å². The molecule has 0 radical (unpaired) electrons. The Morgan fingerprint density at radius 3 is 1.79 bits per heavy atom. The zero-order chi connectivity index (χ0) is 55.7. The second kappa shape index (κ2) is 29.0. The molecule has 26 heteroatoms. The first-order chi connectivity index (χ1) is 33.3. The van der Waals surface area contributed by atoms with Crippen molar-refractivity contribution in [3.8, 4) is 0 Å². The summed E-state index contributed by atoms with van der Waals surface area (Å²) < 4.78 is 0. The first-order valence-electron chi connectivity index (χ1n) is 23.7. The zero-order valence-electron chi connectivity index (χ0n) is 44.4. The van der Waals surface area contributed by atoms with Crippen LogP contribution in [0.25, 0.3) is 0 Å². The number of carbonyl (C=O) groups excluding carboxylic acids is 11. The van der Waals surface area contributed by atoms with Crippen LogP contribution in [0.5, 0.6) is 0 Å². The first kappa shape index (κ1) is 64.2. The number of amides is 16. The van der Waals surface area contributed by atoms with Crippen LogP contribution in [0.2, 0.25) is 0 Å². The molecule has 16 amide bonds. The summed E-state index contributed by atoms with van der Waals surface area (Å²) in [5.74, 6) is -6.84. The minimum absolute atomic E-state index is 0.0714. The summed E-state index contributed by atoms with van der Waals surface area (Å²) in [7, 11) is 7.89. The van der Waals surface area contributed by atoms with Crippen molar-refractivity contribution in [2.45, 2.75) is 141 Å². The molecule has 0 saturated carbocycles. The maximum Gasteiger partial charge on any atom is 0.334 e. The van der Waals surface area contributed by atoms with E-state index in [1.807, 2.05) is 10.6 Å². The molecule has 72 heavy (non-hydrogen) atoms. The Balaban J connectivity index is 4.16. The Hall–Kier alpha value is -5.86. The average molecular weight is 1040 g/mol. The third-order valence-electron chi connectivity index (χ3n) is 12.1. The summed E-state index contributed by atoms with van der Waals surface area (Å²) in [6.07, 6.45) is 3.10. The minimum Gasteiger partial charge on any atom is -0.396 e. The van der Waals surface area contributed by atoms with Crippen molar-refractivity contribution in [3.63, 3.8) is 0 Å². The number of nitrogens with zero attached hydrogens (tertiary/aromatic N) is 7. The van der Waals surface area contributed by atoms with Crippen LogP contribution in [0.15, 0.2) is 12.2 Å². The van der Waals surface area contributed by atoms with Crippen LogP contribution < -0.4 is 21.3 Å². The van der Waals surface area contributed by atoms with Gasteiger partial charge in [0.1, 0.15) is 30.2 Å². The summed E-state index contributed by atoms with van der Waals surface area (Å²) in [6, 6.07) is -14.1. The number of aliphatic hydroxyl groups excluding tert-OH is 2. The van der Waals surface area contributed by atoms with E-state index in [4.69, 9.17) is 0 Å². The largest absolute Gasteiger partial charge is 0.396 e. The van der Waals surface area contributed by atoms with E-state index < -0.39 is 131 Å². The van der Waals surface area contributed by atoms with Crippen molar-refractivity contribution in [1.82, 2.24) is 55.6 Å². The number of thioether (sulfide) groups is 1. The molecule has 1 saturated heterocycles. The van der Waals surface area contributed by atoms with Crippen LogP contribution in [-0.4, -0.2) is 224 Å². The minimum atomic E-state index is -1.70. The van der Waals surface area contributed by atoms with Gasteiger partial charge in [0.2, 0.25) is 17.7 Å². The highest BCUT2D eigenvalue weighted by atomic mass is 32.2. The fourth-order valence-corrected chi connectivity index (χ4v) is 8.82. The molecule has 1 aliphatic rings. The molecule has 0 unspecified atom stereocenters. The van der Waals surface area contributed by atoms with Gasteiger partial charge in [-0.3, -0.25) is 44.3 Å². The van der Waals surface area contributed by atoms with Gasteiger partial charge in [-0.1, -0.05) is 46.3 Å². The van der Waals surface area contributed by atoms with E-state index >= 15 is 0 Å². The monoisotopic (exact) mass is 1040 g/mol. The number of unbranched alkanes of at least 4 members (excludes halogenated alkanes) is 2.